The Bertz CT molecular complexity index is 768. The number of anilines is 1. The molecule has 0 saturated carbocycles. The van der Waals surface area contributed by atoms with Gasteiger partial charge in [-0.3, -0.25) is 9.59 Å². The van der Waals surface area contributed by atoms with Crippen molar-refractivity contribution in [3.63, 3.8) is 0 Å². The van der Waals surface area contributed by atoms with E-state index in [0.717, 1.165) is 5.56 Å². The van der Waals surface area contributed by atoms with Crippen LogP contribution in [-0.2, 0) is 14.3 Å². The number of carbonyl (C=O) groups is 3. The van der Waals surface area contributed by atoms with E-state index in [0.29, 0.717) is 11.3 Å². The molecule has 0 unspecified atom stereocenters. The van der Waals surface area contributed by atoms with Crippen molar-refractivity contribution in [1.82, 2.24) is 5.32 Å². The molecular weight excluding hydrogens is 320 g/mol. The second-order valence-corrected chi connectivity index (χ2v) is 5.06. The highest BCUT2D eigenvalue weighted by Crippen LogP contribution is 2.09. The molecule has 0 aliphatic rings. The van der Waals surface area contributed by atoms with Gasteiger partial charge in [0.15, 0.2) is 6.61 Å². The molecule has 2 rings (SSSR count). The molecule has 6 nitrogen and oxygen atoms in total. The molecule has 128 valence electrons. The van der Waals surface area contributed by atoms with E-state index < -0.39 is 18.5 Å². The average molecular weight is 338 g/mol. The summed E-state index contributed by atoms with van der Waals surface area (Å²) in [4.78, 5) is 34.8. The van der Waals surface area contributed by atoms with Crippen LogP contribution in [0.15, 0.2) is 60.7 Å². The molecule has 0 radical (unpaired) electrons. The van der Waals surface area contributed by atoms with Gasteiger partial charge in [0.2, 0.25) is 0 Å². The maximum absolute atomic E-state index is 11.8. The quantitative estimate of drug-likeness (QED) is 0.625. The predicted molar refractivity (Wildman–Crippen MR) is 94.9 cm³/mol. The van der Waals surface area contributed by atoms with Crippen LogP contribution in [0.1, 0.15) is 15.9 Å². The Morgan fingerprint density at radius 3 is 2.32 bits per heavy atom. The number of benzene rings is 2. The van der Waals surface area contributed by atoms with Gasteiger partial charge in [-0.15, -0.1) is 0 Å². The lowest BCUT2D eigenvalue weighted by atomic mass is 10.2. The van der Waals surface area contributed by atoms with E-state index in [9.17, 15) is 14.4 Å². The average Bonchev–Trinajstić information content (AvgIpc) is 2.65. The Hall–Kier alpha value is -3.41. The van der Waals surface area contributed by atoms with E-state index in [-0.39, 0.29) is 5.91 Å². The zero-order chi connectivity index (χ0) is 18.1. The third-order valence-corrected chi connectivity index (χ3v) is 3.21. The first-order valence-electron chi connectivity index (χ1n) is 7.60. The van der Waals surface area contributed by atoms with Crippen LogP contribution >= 0.6 is 0 Å². The Morgan fingerprint density at radius 1 is 1.00 bits per heavy atom. The molecule has 2 aromatic carbocycles. The van der Waals surface area contributed by atoms with Crippen molar-refractivity contribution < 1.29 is 19.1 Å². The van der Waals surface area contributed by atoms with Crippen molar-refractivity contribution in [3.05, 3.63) is 71.8 Å². The minimum absolute atomic E-state index is 0.211. The summed E-state index contributed by atoms with van der Waals surface area (Å²) in [5.41, 5.74) is 1.85. The van der Waals surface area contributed by atoms with Crippen molar-refractivity contribution in [2.24, 2.45) is 0 Å². The van der Waals surface area contributed by atoms with Crippen LogP contribution in [0.3, 0.4) is 0 Å². The lowest BCUT2D eigenvalue weighted by Crippen LogP contribution is -2.20. The maximum atomic E-state index is 11.8. The van der Waals surface area contributed by atoms with Crippen molar-refractivity contribution >= 4 is 29.5 Å². The molecule has 2 N–H and O–H groups in total. The monoisotopic (exact) mass is 338 g/mol. The van der Waals surface area contributed by atoms with E-state index >= 15 is 0 Å². The molecular formula is C19H18N2O4. The molecule has 25 heavy (non-hydrogen) atoms. The van der Waals surface area contributed by atoms with Gasteiger partial charge in [-0.05, 0) is 35.9 Å². The third-order valence-electron chi connectivity index (χ3n) is 3.21. The highest BCUT2D eigenvalue weighted by Gasteiger charge is 2.07. The molecule has 6 heteroatoms. The minimum atomic E-state index is -0.603. The van der Waals surface area contributed by atoms with Crippen LogP contribution in [-0.4, -0.2) is 31.4 Å². The predicted octanol–water partition coefficient (Wildman–Crippen LogP) is 2.24. The van der Waals surface area contributed by atoms with E-state index in [1.165, 1.54) is 6.08 Å². The topological polar surface area (TPSA) is 84.5 Å². The van der Waals surface area contributed by atoms with Gasteiger partial charge >= 0.3 is 5.97 Å². The van der Waals surface area contributed by atoms with Crippen molar-refractivity contribution in [2.75, 3.05) is 19.0 Å². The van der Waals surface area contributed by atoms with Gasteiger partial charge in [0.05, 0.1) is 0 Å². The molecule has 0 aromatic heterocycles. The number of hydrogen-bond donors (Lipinski definition) is 2. The van der Waals surface area contributed by atoms with E-state index in [1.54, 1.807) is 37.4 Å². The minimum Gasteiger partial charge on any atom is -0.452 e. The van der Waals surface area contributed by atoms with Gasteiger partial charge in [-0.1, -0.05) is 30.3 Å². The zero-order valence-electron chi connectivity index (χ0n) is 13.7. The number of hydrogen-bond acceptors (Lipinski definition) is 4. The fraction of sp³-hybridized carbons (Fsp3) is 0.105. The van der Waals surface area contributed by atoms with Gasteiger partial charge in [0, 0.05) is 24.4 Å². The molecule has 2 aromatic rings. The van der Waals surface area contributed by atoms with Gasteiger partial charge < -0.3 is 15.4 Å². The maximum Gasteiger partial charge on any atom is 0.331 e. The highest BCUT2D eigenvalue weighted by atomic mass is 16.5. The van der Waals surface area contributed by atoms with Crippen LogP contribution in [0.5, 0.6) is 0 Å². The second-order valence-electron chi connectivity index (χ2n) is 5.06. The molecule has 2 amide bonds. The largest absolute Gasteiger partial charge is 0.452 e. The highest BCUT2D eigenvalue weighted by molar-refractivity contribution is 5.96. The van der Waals surface area contributed by atoms with Crippen LogP contribution in [0, 0.1) is 0 Å². The first kappa shape index (κ1) is 17.9. The SMILES string of the molecule is CNC(=O)c1ccc(NC(=O)COC(=O)/C=C/c2ccccc2)cc1. The summed E-state index contributed by atoms with van der Waals surface area (Å²) in [6.45, 7) is -0.394. The molecule has 0 atom stereocenters. The number of rotatable bonds is 6. The fourth-order valence-corrected chi connectivity index (χ4v) is 1.96. The summed E-state index contributed by atoms with van der Waals surface area (Å²) in [6.07, 6.45) is 2.87. The zero-order valence-corrected chi connectivity index (χ0v) is 13.7. The smallest absolute Gasteiger partial charge is 0.331 e. The normalized spacial score (nSPS) is 10.3. The van der Waals surface area contributed by atoms with Crippen LogP contribution in [0.2, 0.25) is 0 Å². The Balaban J connectivity index is 1.79. The van der Waals surface area contributed by atoms with Crippen LogP contribution in [0.4, 0.5) is 5.69 Å². The first-order chi connectivity index (χ1) is 12.1. The lowest BCUT2D eigenvalue weighted by molar-refractivity contribution is -0.142. The lowest BCUT2D eigenvalue weighted by Gasteiger charge is -2.06. The molecule has 0 bridgehead atoms. The fourth-order valence-electron chi connectivity index (χ4n) is 1.96. The van der Waals surface area contributed by atoms with Crippen molar-refractivity contribution in [1.29, 1.82) is 0 Å². The van der Waals surface area contributed by atoms with E-state index in [4.69, 9.17) is 4.74 Å². The molecule has 0 saturated heterocycles. The Labute approximate surface area is 145 Å². The molecule has 0 spiro atoms. The third kappa shape index (κ3) is 5.95. The van der Waals surface area contributed by atoms with Gasteiger partial charge in [-0.2, -0.15) is 0 Å². The first-order valence-corrected chi connectivity index (χ1v) is 7.60. The van der Waals surface area contributed by atoms with Crippen molar-refractivity contribution in [2.45, 2.75) is 0 Å². The number of amides is 2. The van der Waals surface area contributed by atoms with Gasteiger partial charge in [0.25, 0.3) is 11.8 Å². The summed E-state index contributed by atoms with van der Waals surface area (Å²) in [6, 6.07) is 15.6. The number of carbonyl (C=O) groups excluding carboxylic acids is 3. The van der Waals surface area contributed by atoms with Crippen molar-refractivity contribution in [3.8, 4) is 0 Å². The summed E-state index contributed by atoms with van der Waals surface area (Å²) < 4.78 is 4.88. The standard InChI is InChI=1S/C19H18N2O4/c1-20-19(24)15-8-10-16(11-9-15)21-17(22)13-25-18(23)12-7-14-5-3-2-4-6-14/h2-12H,13H2,1H3,(H,20,24)(H,21,22)/b12-7+. The summed E-state index contributed by atoms with van der Waals surface area (Å²) in [5.74, 6) is -1.28. The van der Waals surface area contributed by atoms with Crippen LogP contribution < -0.4 is 10.6 Å². The number of nitrogens with one attached hydrogen (secondary N) is 2. The molecule has 0 fully saturated rings. The Kier molecular flexibility index (Phi) is 6.47. The number of ether oxygens (including phenoxy) is 1. The number of esters is 1. The van der Waals surface area contributed by atoms with Gasteiger partial charge in [0.1, 0.15) is 0 Å². The summed E-state index contributed by atoms with van der Waals surface area (Å²) in [5, 5.41) is 5.09. The van der Waals surface area contributed by atoms with Crippen LogP contribution in [0.25, 0.3) is 6.08 Å². The molecule has 0 heterocycles. The van der Waals surface area contributed by atoms with E-state index in [2.05, 4.69) is 10.6 Å². The Morgan fingerprint density at radius 2 is 1.68 bits per heavy atom. The summed E-state index contributed by atoms with van der Waals surface area (Å²) in [7, 11) is 1.54. The second kappa shape index (κ2) is 9.02. The molecule has 0 aliphatic carbocycles. The summed E-state index contributed by atoms with van der Waals surface area (Å²) >= 11 is 0. The van der Waals surface area contributed by atoms with Gasteiger partial charge in [-0.25, -0.2) is 4.79 Å². The van der Waals surface area contributed by atoms with E-state index in [1.807, 2.05) is 30.3 Å². The molecule has 0 aliphatic heterocycles.